The third kappa shape index (κ3) is 3.38. The van der Waals surface area contributed by atoms with Gasteiger partial charge in [-0.3, -0.25) is 0 Å². The van der Waals surface area contributed by atoms with Gasteiger partial charge in [0, 0.05) is 37.7 Å². The predicted molar refractivity (Wildman–Crippen MR) is 80.4 cm³/mol. The lowest BCUT2D eigenvalue weighted by Gasteiger charge is -2.22. The summed E-state index contributed by atoms with van der Waals surface area (Å²) in [5, 5.41) is 3.43. The molecule has 108 valence electrons. The van der Waals surface area contributed by atoms with E-state index in [0.717, 1.165) is 31.8 Å². The molecular formula is C16H29N3. The second-order valence-corrected chi connectivity index (χ2v) is 6.25. The average molecular weight is 263 g/mol. The number of rotatable bonds is 6. The highest BCUT2D eigenvalue weighted by atomic mass is 15.1. The molecule has 1 aromatic rings. The number of fused-ring (bicyclic) bond motifs is 1. The molecule has 19 heavy (non-hydrogen) atoms. The minimum Gasteiger partial charge on any atom is -0.329 e. The molecule has 3 heteroatoms. The molecule has 0 bridgehead atoms. The van der Waals surface area contributed by atoms with Gasteiger partial charge in [-0.2, -0.15) is 0 Å². The van der Waals surface area contributed by atoms with Crippen LogP contribution < -0.4 is 5.32 Å². The number of nitrogens with one attached hydrogen (secondary N) is 1. The van der Waals surface area contributed by atoms with Crippen molar-refractivity contribution in [2.24, 2.45) is 5.92 Å². The zero-order valence-electron chi connectivity index (χ0n) is 13.0. The first-order valence-electron chi connectivity index (χ1n) is 7.93. The van der Waals surface area contributed by atoms with Gasteiger partial charge in [0.15, 0.2) is 0 Å². The van der Waals surface area contributed by atoms with Crippen LogP contribution >= 0.6 is 0 Å². The van der Waals surface area contributed by atoms with Gasteiger partial charge in [-0.25, -0.2) is 4.98 Å². The molecule has 1 unspecified atom stereocenters. The van der Waals surface area contributed by atoms with Crippen LogP contribution in [0.3, 0.4) is 0 Å². The van der Waals surface area contributed by atoms with Crippen LogP contribution in [0.4, 0.5) is 0 Å². The van der Waals surface area contributed by atoms with Crippen molar-refractivity contribution in [1.82, 2.24) is 14.9 Å². The first kappa shape index (κ1) is 14.6. The van der Waals surface area contributed by atoms with Gasteiger partial charge in [0.25, 0.3) is 0 Å². The highest BCUT2D eigenvalue weighted by Gasteiger charge is 2.21. The monoisotopic (exact) mass is 263 g/mol. The molecule has 0 aromatic carbocycles. The first-order chi connectivity index (χ1) is 9.13. The lowest BCUT2D eigenvalue weighted by Crippen LogP contribution is -2.25. The zero-order valence-corrected chi connectivity index (χ0v) is 13.0. The Kier molecular flexibility index (Phi) is 5.03. The maximum absolute atomic E-state index is 4.83. The smallest absolute Gasteiger partial charge is 0.109 e. The number of hydrogen-bond donors (Lipinski definition) is 1. The van der Waals surface area contributed by atoms with Gasteiger partial charge in [-0.05, 0) is 19.3 Å². The summed E-state index contributed by atoms with van der Waals surface area (Å²) in [6.07, 6.45) is 6.12. The van der Waals surface area contributed by atoms with Gasteiger partial charge in [-0.15, -0.1) is 0 Å². The minimum atomic E-state index is 0.600. The lowest BCUT2D eigenvalue weighted by atomic mass is 10.0. The summed E-state index contributed by atoms with van der Waals surface area (Å²) in [6.45, 7) is 11.3. The minimum absolute atomic E-state index is 0.600. The standard InChI is InChI=1S/C16H29N3/c1-5-16-18-14-11-17-10-9-15(14)19(16)13(4)8-6-7-12(2)3/h12-13,17H,5-11H2,1-4H3. The maximum Gasteiger partial charge on any atom is 0.109 e. The second-order valence-electron chi connectivity index (χ2n) is 6.25. The second kappa shape index (κ2) is 6.56. The molecule has 2 heterocycles. The van der Waals surface area contributed by atoms with Gasteiger partial charge in [0.05, 0.1) is 5.69 Å². The summed E-state index contributed by atoms with van der Waals surface area (Å²) in [5.74, 6) is 2.10. The van der Waals surface area contributed by atoms with Crippen molar-refractivity contribution < 1.29 is 0 Å². The number of aromatic nitrogens is 2. The Labute approximate surface area is 117 Å². The Hall–Kier alpha value is -0.830. The van der Waals surface area contributed by atoms with E-state index in [4.69, 9.17) is 4.98 Å². The molecule has 0 amide bonds. The highest BCUT2D eigenvalue weighted by molar-refractivity contribution is 5.21. The molecule has 1 aliphatic heterocycles. The van der Waals surface area contributed by atoms with Crippen molar-refractivity contribution >= 4 is 0 Å². The number of hydrogen-bond acceptors (Lipinski definition) is 2. The zero-order chi connectivity index (χ0) is 13.8. The van der Waals surface area contributed by atoms with Crippen molar-refractivity contribution in [2.45, 2.75) is 72.4 Å². The molecule has 0 spiro atoms. The molecule has 0 saturated heterocycles. The summed E-state index contributed by atoms with van der Waals surface area (Å²) >= 11 is 0. The van der Waals surface area contributed by atoms with Crippen LogP contribution in [0.2, 0.25) is 0 Å². The Bertz CT molecular complexity index is 406. The molecule has 1 aliphatic rings. The van der Waals surface area contributed by atoms with E-state index >= 15 is 0 Å². The van der Waals surface area contributed by atoms with E-state index in [1.807, 2.05) is 0 Å². The van der Waals surface area contributed by atoms with Crippen LogP contribution in [-0.4, -0.2) is 16.1 Å². The molecule has 1 N–H and O–H groups in total. The number of imidazole rings is 1. The van der Waals surface area contributed by atoms with Gasteiger partial charge >= 0.3 is 0 Å². The van der Waals surface area contributed by atoms with Crippen molar-refractivity contribution in [3.05, 3.63) is 17.2 Å². The molecule has 0 radical (unpaired) electrons. The van der Waals surface area contributed by atoms with Crippen LogP contribution in [-0.2, 0) is 19.4 Å². The fourth-order valence-electron chi connectivity index (χ4n) is 3.11. The first-order valence-corrected chi connectivity index (χ1v) is 7.93. The molecule has 2 rings (SSSR count). The van der Waals surface area contributed by atoms with Gasteiger partial charge in [0.2, 0.25) is 0 Å². The molecule has 0 aliphatic carbocycles. The highest BCUT2D eigenvalue weighted by Crippen LogP contribution is 2.25. The van der Waals surface area contributed by atoms with E-state index in [1.54, 1.807) is 0 Å². The van der Waals surface area contributed by atoms with E-state index in [-0.39, 0.29) is 0 Å². The van der Waals surface area contributed by atoms with Crippen LogP contribution in [0, 0.1) is 5.92 Å². The van der Waals surface area contributed by atoms with Crippen LogP contribution in [0.1, 0.15) is 70.2 Å². The fourth-order valence-corrected chi connectivity index (χ4v) is 3.11. The van der Waals surface area contributed by atoms with Crippen molar-refractivity contribution in [3.8, 4) is 0 Å². The fraction of sp³-hybridized carbons (Fsp3) is 0.812. The van der Waals surface area contributed by atoms with E-state index in [2.05, 4.69) is 37.6 Å². The van der Waals surface area contributed by atoms with Gasteiger partial charge in [-0.1, -0.05) is 33.6 Å². The molecule has 0 saturated carbocycles. The predicted octanol–water partition coefficient (Wildman–Crippen LogP) is 3.48. The summed E-state index contributed by atoms with van der Waals surface area (Å²) in [6, 6.07) is 0.600. The Morgan fingerprint density at radius 2 is 2.05 bits per heavy atom. The van der Waals surface area contributed by atoms with Crippen LogP contribution in [0.15, 0.2) is 0 Å². The normalized spacial score (nSPS) is 16.7. The molecule has 3 nitrogen and oxygen atoms in total. The molecule has 1 atom stereocenters. The quantitative estimate of drug-likeness (QED) is 0.851. The van der Waals surface area contributed by atoms with E-state index in [0.29, 0.717) is 6.04 Å². The number of aryl methyl sites for hydroxylation is 1. The SMILES string of the molecule is CCc1nc2c(n1C(C)CCCC(C)C)CCNC2. The van der Waals surface area contributed by atoms with E-state index < -0.39 is 0 Å². The summed E-state index contributed by atoms with van der Waals surface area (Å²) in [7, 11) is 0. The Morgan fingerprint density at radius 3 is 2.74 bits per heavy atom. The third-order valence-electron chi connectivity index (χ3n) is 4.16. The van der Waals surface area contributed by atoms with Gasteiger partial charge < -0.3 is 9.88 Å². The van der Waals surface area contributed by atoms with E-state index in [1.165, 1.54) is 36.5 Å². The summed E-state index contributed by atoms with van der Waals surface area (Å²) in [4.78, 5) is 4.83. The largest absolute Gasteiger partial charge is 0.329 e. The van der Waals surface area contributed by atoms with Crippen molar-refractivity contribution in [1.29, 1.82) is 0 Å². The molecule has 1 aromatic heterocycles. The summed E-state index contributed by atoms with van der Waals surface area (Å²) in [5.41, 5.74) is 2.78. The number of nitrogens with zero attached hydrogens (tertiary/aromatic N) is 2. The Morgan fingerprint density at radius 1 is 1.26 bits per heavy atom. The average Bonchev–Trinajstić information content (AvgIpc) is 2.76. The molecular weight excluding hydrogens is 234 g/mol. The third-order valence-corrected chi connectivity index (χ3v) is 4.16. The summed E-state index contributed by atoms with van der Waals surface area (Å²) < 4.78 is 2.54. The van der Waals surface area contributed by atoms with Crippen molar-refractivity contribution in [3.63, 3.8) is 0 Å². The molecule has 0 fully saturated rings. The topological polar surface area (TPSA) is 29.9 Å². The van der Waals surface area contributed by atoms with Crippen molar-refractivity contribution in [2.75, 3.05) is 6.54 Å². The lowest BCUT2D eigenvalue weighted by molar-refractivity contribution is 0.425. The van der Waals surface area contributed by atoms with Crippen LogP contribution in [0.25, 0.3) is 0 Å². The maximum atomic E-state index is 4.83. The Balaban J connectivity index is 2.11. The van der Waals surface area contributed by atoms with Crippen LogP contribution in [0.5, 0.6) is 0 Å². The van der Waals surface area contributed by atoms with Gasteiger partial charge in [0.1, 0.15) is 5.82 Å². The van der Waals surface area contributed by atoms with E-state index in [9.17, 15) is 0 Å².